The summed E-state index contributed by atoms with van der Waals surface area (Å²) in [5.41, 5.74) is 0.335. The summed E-state index contributed by atoms with van der Waals surface area (Å²) in [7, 11) is -3.85. The topological polar surface area (TPSA) is 81.2 Å². The number of rotatable bonds is 7. The van der Waals surface area contributed by atoms with Crippen LogP contribution in [0, 0.1) is 0 Å². The minimum Gasteiger partial charge on any atom is -0.457 e. The maximum Gasteiger partial charge on any atom is 0.429 e. The third-order valence-corrected chi connectivity index (χ3v) is 5.67. The maximum absolute atomic E-state index is 13.8. The van der Waals surface area contributed by atoms with Crippen molar-refractivity contribution in [1.29, 1.82) is 0 Å². The molecule has 0 aliphatic heterocycles. The van der Waals surface area contributed by atoms with Crippen molar-refractivity contribution in [3.63, 3.8) is 0 Å². The molecule has 0 fully saturated rings. The molecular formula is C19H17ClF3N3O3S. The summed E-state index contributed by atoms with van der Waals surface area (Å²) < 4.78 is 73.1. The van der Waals surface area contributed by atoms with Crippen LogP contribution >= 0.6 is 11.6 Å². The van der Waals surface area contributed by atoms with Gasteiger partial charge in [-0.15, -0.1) is 0 Å². The molecule has 6 nitrogen and oxygen atoms in total. The number of halogens is 4. The summed E-state index contributed by atoms with van der Waals surface area (Å²) >= 11 is 5.76. The molecule has 0 amide bonds. The summed E-state index contributed by atoms with van der Waals surface area (Å²) in [6.45, 7) is 1.66. The molecular weight excluding hydrogens is 443 g/mol. The average molecular weight is 460 g/mol. The zero-order chi connectivity index (χ0) is 21.9. The van der Waals surface area contributed by atoms with Crippen molar-refractivity contribution in [3.8, 4) is 5.88 Å². The van der Waals surface area contributed by atoms with Gasteiger partial charge in [0.15, 0.2) is 0 Å². The van der Waals surface area contributed by atoms with E-state index < -0.39 is 34.0 Å². The Morgan fingerprint density at radius 2 is 1.67 bits per heavy atom. The van der Waals surface area contributed by atoms with Crippen molar-refractivity contribution < 1.29 is 26.3 Å². The smallest absolute Gasteiger partial charge is 0.429 e. The molecule has 0 saturated carbocycles. The predicted octanol–water partition coefficient (Wildman–Crippen LogP) is 5.12. The zero-order valence-corrected chi connectivity index (χ0v) is 17.2. The highest BCUT2D eigenvalue weighted by Crippen LogP contribution is 2.39. The first-order chi connectivity index (χ1) is 14.1. The molecule has 1 aromatic heterocycles. The van der Waals surface area contributed by atoms with E-state index >= 15 is 0 Å². The number of nitrogens with zero attached hydrogens (tertiary/aromatic N) is 2. The lowest BCUT2D eigenvalue weighted by Crippen LogP contribution is -2.27. The molecule has 1 N–H and O–H groups in total. The standard InChI is InChI=1S/C19H17ClF3N3O3S/c1-2-11-30(27,28)26-17-18(25-15-6-4-3-5-14(15)24-17)29-16(19(21,22)23)12-7-9-13(20)10-8-12/h3-10,16H,2,11H2,1H3,(H,24,26). The van der Waals surface area contributed by atoms with Crippen molar-refractivity contribution in [2.75, 3.05) is 10.5 Å². The van der Waals surface area contributed by atoms with Crippen LogP contribution in [0.15, 0.2) is 48.5 Å². The SMILES string of the molecule is CCCS(=O)(=O)Nc1nc2ccccc2nc1OC(c1ccc(Cl)cc1)C(F)(F)F. The number of nitrogens with one attached hydrogen (secondary N) is 1. The molecule has 0 aliphatic carbocycles. The van der Waals surface area contributed by atoms with Crippen LogP contribution in [0.3, 0.4) is 0 Å². The second-order valence-electron chi connectivity index (χ2n) is 6.38. The number of ether oxygens (including phenoxy) is 1. The fraction of sp³-hybridized carbons (Fsp3) is 0.263. The van der Waals surface area contributed by atoms with Crippen LogP contribution < -0.4 is 9.46 Å². The summed E-state index contributed by atoms with van der Waals surface area (Å²) in [6, 6.07) is 11.3. The second-order valence-corrected chi connectivity index (χ2v) is 8.66. The van der Waals surface area contributed by atoms with Crippen LogP contribution in [-0.4, -0.2) is 30.3 Å². The molecule has 11 heteroatoms. The molecule has 30 heavy (non-hydrogen) atoms. The quantitative estimate of drug-likeness (QED) is 0.530. The van der Waals surface area contributed by atoms with Crippen molar-refractivity contribution in [3.05, 3.63) is 59.1 Å². The van der Waals surface area contributed by atoms with Crippen LogP contribution in [0.4, 0.5) is 19.0 Å². The number of benzene rings is 2. The van der Waals surface area contributed by atoms with Gasteiger partial charge in [-0.2, -0.15) is 13.2 Å². The first kappa shape index (κ1) is 22.1. The summed E-state index contributed by atoms with van der Waals surface area (Å²) in [5, 5.41) is 0.262. The molecule has 3 aromatic rings. The van der Waals surface area contributed by atoms with Gasteiger partial charge in [0.2, 0.25) is 21.9 Å². The first-order valence-corrected chi connectivity index (χ1v) is 10.9. The van der Waals surface area contributed by atoms with Crippen molar-refractivity contribution in [1.82, 2.24) is 9.97 Å². The molecule has 1 atom stereocenters. The lowest BCUT2D eigenvalue weighted by atomic mass is 10.1. The van der Waals surface area contributed by atoms with Gasteiger partial charge in [-0.05, 0) is 30.7 Å². The predicted molar refractivity (Wildman–Crippen MR) is 108 cm³/mol. The van der Waals surface area contributed by atoms with Crippen LogP contribution in [0.2, 0.25) is 5.02 Å². The zero-order valence-electron chi connectivity index (χ0n) is 15.6. The van der Waals surface area contributed by atoms with E-state index in [2.05, 4.69) is 14.7 Å². The van der Waals surface area contributed by atoms with E-state index in [1.165, 1.54) is 30.3 Å². The fourth-order valence-electron chi connectivity index (χ4n) is 2.67. The Morgan fingerprint density at radius 1 is 1.07 bits per heavy atom. The van der Waals surface area contributed by atoms with Gasteiger partial charge in [0.1, 0.15) is 0 Å². The van der Waals surface area contributed by atoms with Crippen molar-refractivity contribution >= 4 is 38.5 Å². The maximum atomic E-state index is 13.8. The third-order valence-electron chi connectivity index (χ3n) is 3.96. The van der Waals surface area contributed by atoms with Gasteiger partial charge in [0, 0.05) is 10.6 Å². The van der Waals surface area contributed by atoms with E-state index in [1.807, 2.05) is 0 Å². The van der Waals surface area contributed by atoms with Crippen LogP contribution in [0.25, 0.3) is 11.0 Å². The number of fused-ring (bicyclic) bond motifs is 1. The molecule has 0 bridgehead atoms. The Labute approximate surface area is 176 Å². The van der Waals surface area contributed by atoms with E-state index in [-0.39, 0.29) is 21.9 Å². The Kier molecular flexibility index (Phi) is 6.37. The molecule has 0 aliphatic rings. The van der Waals surface area contributed by atoms with E-state index in [1.54, 1.807) is 25.1 Å². The number of hydrogen-bond acceptors (Lipinski definition) is 5. The average Bonchev–Trinajstić information content (AvgIpc) is 2.66. The van der Waals surface area contributed by atoms with Crippen LogP contribution in [0.5, 0.6) is 5.88 Å². The minimum absolute atomic E-state index is 0.218. The highest BCUT2D eigenvalue weighted by atomic mass is 35.5. The highest BCUT2D eigenvalue weighted by molar-refractivity contribution is 7.92. The summed E-state index contributed by atoms with van der Waals surface area (Å²) in [5.74, 6) is -1.23. The molecule has 2 aromatic carbocycles. The van der Waals surface area contributed by atoms with Crippen molar-refractivity contribution in [2.45, 2.75) is 25.6 Å². The molecule has 1 unspecified atom stereocenters. The third kappa shape index (κ3) is 5.31. The largest absolute Gasteiger partial charge is 0.457 e. The van der Waals surface area contributed by atoms with Crippen molar-refractivity contribution in [2.24, 2.45) is 0 Å². The number of hydrogen-bond donors (Lipinski definition) is 1. The number of para-hydroxylation sites is 2. The van der Waals surface area contributed by atoms with Gasteiger partial charge in [0.05, 0.1) is 16.8 Å². The molecule has 0 spiro atoms. The Hall–Kier alpha value is -2.59. The number of alkyl halides is 3. The van der Waals surface area contributed by atoms with Gasteiger partial charge in [0.25, 0.3) is 5.88 Å². The minimum atomic E-state index is -4.80. The van der Waals surface area contributed by atoms with E-state index in [4.69, 9.17) is 16.3 Å². The Bertz CT molecular complexity index is 1140. The van der Waals surface area contributed by atoms with Gasteiger partial charge >= 0.3 is 6.18 Å². The first-order valence-electron chi connectivity index (χ1n) is 8.85. The van der Waals surface area contributed by atoms with Gasteiger partial charge < -0.3 is 4.74 Å². The summed E-state index contributed by atoms with van der Waals surface area (Å²) in [6.07, 6.45) is -6.90. The Balaban J connectivity index is 2.09. The van der Waals surface area contributed by atoms with E-state index in [0.717, 1.165) is 0 Å². The van der Waals surface area contributed by atoms with Gasteiger partial charge in [-0.3, -0.25) is 4.72 Å². The van der Waals surface area contributed by atoms with Gasteiger partial charge in [-0.25, -0.2) is 18.4 Å². The highest BCUT2D eigenvalue weighted by Gasteiger charge is 2.44. The Morgan fingerprint density at radius 3 is 2.23 bits per heavy atom. The van der Waals surface area contributed by atoms with Gasteiger partial charge in [-0.1, -0.05) is 42.8 Å². The molecule has 160 valence electrons. The van der Waals surface area contributed by atoms with E-state index in [0.29, 0.717) is 11.9 Å². The number of anilines is 1. The molecule has 1 heterocycles. The normalized spacial score (nSPS) is 13.2. The lowest BCUT2D eigenvalue weighted by Gasteiger charge is -2.23. The number of aromatic nitrogens is 2. The van der Waals surface area contributed by atoms with Crippen LogP contribution in [0.1, 0.15) is 25.0 Å². The number of sulfonamides is 1. The monoisotopic (exact) mass is 459 g/mol. The van der Waals surface area contributed by atoms with E-state index in [9.17, 15) is 21.6 Å². The molecule has 0 radical (unpaired) electrons. The fourth-order valence-corrected chi connectivity index (χ4v) is 3.87. The summed E-state index contributed by atoms with van der Waals surface area (Å²) in [4.78, 5) is 8.20. The second kappa shape index (κ2) is 8.65. The molecule has 0 saturated heterocycles. The lowest BCUT2D eigenvalue weighted by molar-refractivity contribution is -0.198. The van der Waals surface area contributed by atoms with Crippen LogP contribution in [-0.2, 0) is 10.0 Å². The molecule has 3 rings (SSSR count).